The van der Waals surface area contributed by atoms with E-state index in [1.807, 2.05) is 0 Å². The van der Waals surface area contributed by atoms with Crippen LogP contribution in [0.25, 0.3) is 0 Å². The third-order valence-electron chi connectivity index (χ3n) is 3.31. The molecule has 3 unspecified atom stereocenters. The van der Waals surface area contributed by atoms with Crippen LogP contribution in [0.4, 0.5) is 5.69 Å². The predicted octanol–water partition coefficient (Wildman–Crippen LogP) is 1.97. The largest absolute Gasteiger partial charge is 0.327 e. The number of nitro benzene ring substituents is 1. The number of nitro groups is 1. The first-order chi connectivity index (χ1) is 8.59. The third kappa shape index (κ3) is 2.76. The summed E-state index contributed by atoms with van der Waals surface area (Å²) in [6.07, 6.45) is 3.92. The van der Waals surface area contributed by atoms with Gasteiger partial charge in [0.2, 0.25) is 0 Å². The minimum Gasteiger partial charge on any atom is -0.327 e. The maximum atomic E-state index is 12.4. The monoisotopic (exact) mass is 268 g/mol. The molecule has 0 bridgehead atoms. The van der Waals surface area contributed by atoms with Crippen LogP contribution in [0.5, 0.6) is 0 Å². The molecule has 1 aliphatic carbocycles. The maximum Gasteiger partial charge on any atom is 0.269 e. The van der Waals surface area contributed by atoms with Crippen molar-refractivity contribution in [1.82, 2.24) is 0 Å². The highest BCUT2D eigenvalue weighted by molar-refractivity contribution is 7.85. The first-order valence-corrected chi connectivity index (χ1v) is 7.21. The molecule has 18 heavy (non-hydrogen) atoms. The lowest BCUT2D eigenvalue weighted by molar-refractivity contribution is -0.384. The molecule has 0 aromatic heterocycles. The number of hydrogen-bond donors (Lipinski definition) is 1. The molecule has 1 saturated carbocycles. The molecule has 1 aliphatic rings. The van der Waals surface area contributed by atoms with Crippen LogP contribution in [-0.2, 0) is 10.8 Å². The van der Waals surface area contributed by atoms with Crippen molar-refractivity contribution in [3.63, 3.8) is 0 Å². The molecule has 1 aromatic carbocycles. The molecule has 0 heterocycles. The fourth-order valence-corrected chi connectivity index (χ4v) is 3.86. The van der Waals surface area contributed by atoms with Gasteiger partial charge in [-0.2, -0.15) is 0 Å². The Labute approximate surface area is 108 Å². The van der Waals surface area contributed by atoms with E-state index in [0.717, 1.165) is 25.7 Å². The highest BCUT2D eigenvalue weighted by atomic mass is 32.2. The number of benzene rings is 1. The number of hydrogen-bond acceptors (Lipinski definition) is 4. The van der Waals surface area contributed by atoms with Crippen LogP contribution in [0, 0.1) is 10.1 Å². The zero-order chi connectivity index (χ0) is 13.1. The van der Waals surface area contributed by atoms with Gasteiger partial charge >= 0.3 is 0 Å². The molecule has 3 atom stereocenters. The van der Waals surface area contributed by atoms with Crippen LogP contribution in [0.3, 0.4) is 0 Å². The minimum absolute atomic E-state index is 0.0173. The van der Waals surface area contributed by atoms with Gasteiger partial charge in [0, 0.05) is 23.1 Å². The first kappa shape index (κ1) is 13.2. The fraction of sp³-hybridized carbons (Fsp3) is 0.500. The van der Waals surface area contributed by atoms with Crippen molar-refractivity contribution in [3.05, 3.63) is 34.4 Å². The Morgan fingerprint density at radius 3 is 2.39 bits per heavy atom. The van der Waals surface area contributed by atoms with Gasteiger partial charge in [0.05, 0.1) is 21.0 Å². The lowest BCUT2D eigenvalue weighted by atomic mass is 9.96. The van der Waals surface area contributed by atoms with Crippen molar-refractivity contribution in [1.29, 1.82) is 0 Å². The van der Waals surface area contributed by atoms with E-state index in [0.29, 0.717) is 4.90 Å². The topological polar surface area (TPSA) is 86.2 Å². The smallest absolute Gasteiger partial charge is 0.269 e. The highest BCUT2D eigenvalue weighted by Gasteiger charge is 2.28. The van der Waals surface area contributed by atoms with Crippen LogP contribution in [-0.4, -0.2) is 20.4 Å². The van der Waals surface area contributed by atoms with Gasteiger partial charge in [-0.1, -0.05) is 12.8 Å². The molecule has 1 fully saturated rings. The molecule has 0 radical (unpaired) electrons. The zero-order valence-corrected chi connectivity index (χ0v) is 10.8. The summed E-state index contributed by atoms with van der Waals surface area (Å²) < 4.78 is 12.4. The van der Waals surface area contributed by atoms with Crippen molar-refractivity contribution in [2.45, 2.75) is 41.9 Å². The lowest BCUT2D eigenvalue weighted by Crippen LogP contribution is -2.40. The van der Waals surface area contributed by atoms with E-state index in [9.17, 15) is 14.3 Å². The van der Waals surface area contributed by atoms with Crippen molar-refractivity contribution in [3.8, 4) is 0 Å². The SMILES string of the molecule is NC1CCCCC1S(=O)c1ccc([N+](=O)[O-])cc1. The predicted molar refractivity (Wildman–Crippen MR) is 69.7 cm³/mol. The molecule has 1 aromatic rings. The van der Waals surface area contributed by atoms with Gasteiger partial charge in [-0.25, -0.2) is 0 Å². The third-order valence-corrected chi connectivity index (χ3v) is 5.18. The van der Waals surface area contributed by atoms with Crippen LogP contribution in [0.2, 0.25) is 0 Å². The second kappa shape index (κ2) is 5.58. The Morgan fingerprint density at radius 2 is 1.83 bits per heavy atom. The molecule has 0 spiro atoms. The van der Waals surface area contributed by atoms with E-state index in [2.05, 4.69) is 0 Å². The van der Waals surface area contributed by atoms with E-state index in [1.54, 1.807) is 12.1 Å². The maximum absolute atomic E-state index is 12.4. The van der Waals surface area contributed by atoms with Crippen LogP contribution >= 0.6 is 0 Å². The van der Waals surface area contributed by atoms with Crippen molar-refractivity contribution in [2.75, 3.05) is 0 Å². The summed E-state index contributed by atoms with van der Waals surface area (Å²) in [5.74, 6) is 0. The summed E-state index contributed by atoms with van der Waals surface area (Å²) in [6, 6.07) is 5.88. The summed E-state index contributed by atoms with van der Waals surface area (Å²) >= 11 is 0. The standard InChI is InChI=1S/C12H16N2O3S/c13-11-3-1-2-4-12(11)18(17)10-7-5-9(6-8-10)14(15)16/h5-8,11-12H,1-4,13H2. The van der Waals surface area contributed by atoms with E-state index in [4.69, 9.17) is 5.73 Å². The minimum atomic E-state index is -1.17. The molecule has 0 amide bonds. The van der Waals surface area contributed by atoms with Crippen LogP contribution in [0.1, 0.15) is 25.7 Å². The molecule has 0 saturated heterocycles. The lowest BCUT2D eigenvalue weighted by Gasteiger charge is -2.27. The Hall–Kier alpha value is -1.27. The van der Waals surface area contributed by atoms with Crippen molar-refractivity contribution in [2.24, 2.45) is 5.73 Å². The summed E-state index contributed by atoms with van der Waals surface area (Å²) in [5, 5.41) is 10.5. The molecular weight excluding hydrogens is 252 g/mol. The van der Waals surface area contributed by atoms with Gasteiger partial charge in [-0.3, -0.25) is 14.3 Å². The van der Waals surface area contributed by atoms with Gasteiger partial charge in [0.15, 0.2) is 0 Å². The Kier molecular flexibility index (Phi) is 4.08. The quantitative estimate of drug-likeness (QED) is 0.670. The molecular formula is C12H16N2O3S. The number of nitrogens with zero attached hydrogens (tertiary/aromatic N) is 1. The van der Waals surface area contributed by atoms with E-state index in [1.165, 1.54) is 12.1 Å². The molecule has 0 aliphatic heterocycles. The summed E-state index contributed by atoms with van der Waals surface area (Å²) in [7, 11) is -1.17. The Balaban J connectivity index is 2.15. The van der Waals surface area contributed by atoms with Gasteiger partial charge in [0.1, 0.15) is 0 Å². The number of nitrogens with two attached hydrogens (primary N) is 1. The molecule has 6 heteroatoms. The van der Waals surface area contributed by atoms with E-state index < -0.39 is 15.7 Å². The molecule has 98 valence electrons. The fourth-order valence-electron chi connectivity index (χ4n) is 2.27. The molecule has 5 nitrogen and oxygen atoms in total. The van der Waals surface area contributed by atoms with Gasteiger partial charge < -0.3 is 5.73 Å². The van der Waals surface area contributed by atoms with Crippen LogP contribution in [0.15, 0.2) is 29.2 Å². The average molecular weight is 268 g/mol. The summed E-state index contributed by atoms with van der Waals surface area (Å²) in [6.45, 7) is 0. The number of non-ortho nitro benzene ring substituents is 1. The Morgan fingerprint density at radius 1 is 1.22 bits per heavy atom. The van der Waals surface area contributed by atoms with Gasteiger partial charge in [0.25, 0.3) is 5.69 Å². The van der Waals surface area contributed by atoms with Crippen molar-refractivity contribution >= 4 is 16.5 Å². The van der Waals surface area contributed by atoms with Crippen LogP contribution < -0.4 is 5.73 Å². The molecule has 2 N–H and O–H groups in total. The first-order valence-electron chi connectivity index (χ1n) is 6.00. The van der Waals surface area contributed by atoms with Crippen molar-refractivity contribution < 1.29 is 9.13 Å². The zero-order valence-electron chi connectivity index (χ0n) is 9.95. The number of rotatable bonds is 3. The average Bonchev–Trinajstić information content (AvgIpc) is 2.38. The Bertz CT molecular complexity index is 461. The van der Waals surface area contributed by atoms with Gasteiger partial charge in [-0.05, 0) is 25.0 Å². The van der Waals surface area contributed by atoms with E-state index >= 15 is 0 Å². The summed E-state index contributed by atoms with van der Waals surface area (Å²) in [5.41, 5.74) is 6.01. The van der Waals surface area contributed by atoms with Gasteiger partial charge in [-0.15, -0.1) is 0 Å². The molecule has 2 rings (SSSR count). The second-order valence-electron chi connectivity index (χ2n) is 4.54. The summed E-state index contributed by atoms with van der Waals surface area (Å²) in [4.78, 5) is 10.7. The second-order valence-corrected chi connectivity index (χ2v) is 6.21. The van der Waals surface area contributed by atoms with E-state index in [-0.39, 0.29) is 17.0 Å². The normalized spacial score (nSPS) is 25.6. The highest BCUT2D eigenvalue weighted by Crippen LogP contribution is 2.26.